The highest BCUT2D eigenvalue weighted by Crippen LogP contribution is 2.31. The number of fused-ring (bicyclic) bond motifs is 1. The Morgan fingerprint density at radius 2 is 2.26 bits per heavy atom. The molecule has 1 saturated heterocycles. The number of piperidine rings is 1. The fourth-order valence-electron chi connectivity index (χ4n) is 2.94. The Kier molecular flexibility index (Phi) is 4.60. The molecule has 1 fully saturated rings. The molecule has 0 bridgehead atoms. The number of hydrogen-bond acceptors (Lipinski definition) is 4. The lowest BCUT2D eigenvalue weighted by atomic mass is 10.0. The largest absolute Gasteiger partial charge is 0.461 e. The van der Waals surface area contributed by atoms with E-state index in [0.717, 1.165) is 30.4 Å². The quantitative estimate of drug-likeness (QED) is 0.683. The summed E-state index contributed by atoms with van der Waals surface area (Å²) in [7, 11) is 0. The molecule has 6 nitrogen and oxygen atoms in total. The number of benzene rings is 1. The number of carbonyl (C=O) groups excluding carboxylic acids is 1. The molecular weight excluding hydrogens is 292 g/mol. The van der Waals surface area contributed by atoms with Crippen molar-refractivity contribution in [2.45, 2.75) is 26.7 Å². The van der Waals surface area contributed by atoms with E-state index in [0.29, 0.717) is 23.9 Å². The third-order valence-corrected chi connectivity index (χ3v) is 4.07. The van der Waals surface area contributed by atoms with Crippen molar-refractivity contribution in [2.75, 3.05) is 19.7 Å². The van der Waals surface area contributed by atoms with E-state index in [2.05, 4.69) is 22.2 Å². The molecule has 23 heavy (non-hydrogen) atoms. The average molecular weight is 314 g/mol. The molecule has 122 valence electrons. The number of aromatic amines is 1. The van der Waals surface area contributed by atoms with Crippen LogP contribution in [0.3, 0.4) is 0 Å². The minimum absolute atomic E-state index is 0.328. The molecule has 2 heterocycles. The van der Waals surface area contributed by atoms with Crippen molar-refractivity contribution in [1.82, 2.24) is 9.99 Å². The molecule has 0 amide bonds. The van der Waals surface area contributed by atoms with Crippen molar-refractivity contribution >= 4 is 22.6 Å². The average Bonchev–Trinajstić information content (AvgIpc) is 2.92. The Balaban J connectivity index is 1.94. The standard InChI is InChI=1S/C17H22N4O2/c1-3-23-17(22)16-15(13-8-4-5-9-14(13)18-16)19-20-21-10-6-7-12(2)11-21/h4-5,8-9,12,18H,3,6-7,10-11H2,1-2H3/t12-/m1/s1. The summed E-state index contributed by atoms with van der Waals surface area (Å²) in [6, 6.07) is 7.69. The zero-order valence-corrected chi connectivity index (χ0v) is 13.6. The first-order valence-corrected chi connectivity index (χ1v) is 8.13. The third kappa shape index (κ3) is 3.36. The van der Waals surface area contributed by atoms with Crippen LogP contribution in [-0.4, -0.2) is 35.7 Å². The van der Waals surface area contributed by atoms with Gasteiger partial charge in [-0.15, -0.1) is 5.11 Å². The van der Waals surface area contributed by atoms with Crippen molar-refractivity contribution in [1.29, 1.82) is 0 Å². The van der Waals surface area contributed by atoms with Crippen LogP contribution in [-0.2, 0) is 4.74 Å². The maximum atomic E-state index is 12.2. The molecule has 0 aliphatic carbocycles. The molecule has 1 atom stereocenters. The lowest BCUT2D eigenvalue weighted by Gasteiger charge is -2.27. The molecule has 0 radical (unpaired) electrons. The maximum Gasteiger partial charge on any atom is 0.357 e. The van der Waals surface area contributed by atoms with Crippen LogP contribution in [0, 0.1) is 5.92 Å². The highest BCUT2D eigenvalue weighted by Gasteiger charge is 2.20. The zero-order chi connectivity index (χ0) is 16.2. The molecule has 6 heteroatoms. The van der Waals surface area contributed by atoms with Gasteiger partial charge in [0.1, 0.15) is 5.69 Å². The zero-order valence-electron chi connectivity index (χ0n) is 13.6. The smallest absolute Gasteiger partial charge is 0.357 e. The van der Waals surface area contributed by atoms with Gasteiger partial charge in [0.05, 0.1) is 6.61 Å². The van der Waals surface area contributed by atoms with Crippen molar-refractivity contribution in [3.63, 3.8) is 0 Å². The summed E-state index contributed by atoms with van der Waals surface area (Å²) < 4.78 is 5.12. The van der Waals surface area contributed by atoms with Crippen LogP contribution in [0.1, 0.15) is 37.2 Å². The number of carbonyl (C=O) groups is 1. The highest BCUT2D eigenvalue weighted by molar-refractivity contribution is 6.04. The summed E-state index contributed by atoms with van der Waals surface area (Å²) in [5, 5.41) is 11.6. The van der Waals surface area contributed by atoms with Gasteiger partial charge in [-0.1, -0.05) is 30.3 Å². The van der Waals surface area contributed by atoms with Gasteiger partial charge in [-0.05, 0) is 31.7 Å². The Labute approximate surface area is 135 Å². The van der Waals surface area contributed by atoms with Crippen molar-refractivity contribution in [3.8, 4) is 0 Å². The van der Waals surface area contributed by atoms with Crippen molar-refractivity contribution in [2.24, 2.45) is 16.3 Å². The highest BCUT2D eigenvalue weighted by atomic mass is 16.5. The Morgan fingerprint density at radius 3 is 3.04 bits per heavy atom. The van der Waals surface area contributed by atoms with Crippen LogP contribution in [0.4, 0.5) is 5.69 Å². The maximum absolute atomic E-state index is 12.2. The summed E-state index contributed by atoms with van der Waals surface area (Å²) >= 11 is 0. The molecule has 0 saturated carbocycles. The SMILES string of the molecule is CCOC(=O)c1[nH]c2ccccc2c1N=NN1CCC[C@@H](C)C1. The molecule has 1 aliphatic rings. The molecule has 0 unspecified atom stereocenters. The lowest BCUT2D eigenvalue weighted by Crippen LogP contribution is -2.29. The van der Waals surface area contributed by atoms with Crippen LogP contribution in [0.5, 0.6) is 0 Å². The number of hydrogen-bond donors (Lipinski definition) is 1. The molecule has 0 spiro atoms. The van der Waals surface area contributed by atoms with Gasteiger partial charge >= 0.3 is 5.97 Å². The first-order valence-electron chi connectivity index (χ1n) is 8.13. The molecule has 2 aromatic rings. The predicted molar refractivity (Wildman–Crippen MR) is 88.7 cm³/mol. The van der Waals surface area contributed by atoms with Gasteiger partial charge in [-0.3, -0.25) is 5.01 Å². The van der Waals surface area contributed by atoms with E-state index in [1.165, 1.54) is 6.42 Å². The van der Waals surface area contributed by atoms with Crippen molar-refractivity contribution in [3.05, 3.63) is 30.0 Å². The van der Waals surface area contributed by atoms with Gasteiger partial charge < -0.3 is 9.72 Å². The van der Waals surface area contributed by atoms with E-state index in [-0.39, 0.29) is 0 Å². The summed E-state index contributed by atoms with van der Waals surface area (Å²) in [6.45, 7) is 6.15. The van der Waals surface area contributed by atoms with Gasteiger partial charge in [0.2, 0.25) is 0 Å². The van der Waals surface area contributed by atoms with Crippen LogP contribution in [0.25, 0.3) is 10.9 Å². The van der Waals surface area contributed by atoms with Crippen molar-refractivity contribution < 1.29 is 9.53 Å². The molecule has 1 aromatic heterocycles. The summed E-state index contributed by atoms with van der Waals surface area (Å²) in [5.74, 6) is 0.222. The number of H-pyrrole nitrogens is 1. The summed E-state index contributed by atoms with van der Waals surface area (Å²) in [4.78, 5) is 15.3. The van der Waals surface area contributed by atoms with Gasteiger partial charge in [-0.2, -0.15) is 0 Å². The van der Waals surface area contributed by atoms with Gasteiger partial charge in [0.25, 0.3) is 0 Å². The first kappa shape index (κ1) is 15.5. The summed E-state index contributed by atoms with van der Waals surface area (Å²) in [5.41, 5.74) is 1.77. The van der Waals surface area contributed by atoms with E-state index in [1.807, 2.05) is 29.3 Å². The number of nitrogens with zero attached hydrogens (tertiary/aromatic N) is 3. The second-order valence-electron chi connectivity index (χ2n) is 5.96. The Bertz CT molecular complexity index is 722. The Hall–Kier alpha value is -2.37. The van der Waals surface area contributed by atoms with Crippen LogP contribution >= 0.6 is 0 Å². The lowest BCUT2D eigenvalue weighted by molar-refractivity contribution is 0.0521. The van der Waals surface area contributed by atoms with E-state index < -0.39 is 5.97 Å². The van der Waals surface area contributed by atoms with Gasteiger partial charge in [-0.25, -0.2) is 4.79 Å². The van der Waals surface area contributed by atoms with E-state index >= 15 is 0 Å². The monoisotopic (exact) mass is 314 g/mol. The van der Waals surface area contributed by atoms with Crippen LogP contribution < -0.4 is 0 Å². The Morgan fingerprint density at radius 1 is 1.43 bits per heavy atom. The van der Waals surface area contributed by atoms with Crippen LogP contribution in [0.2, 0.25) is 0 Å². The second kappa shape index (κ2) is 6.81. The third-order valence-electron chi connectivity index (χ3n) is 4.07. The minimum Gasteiger partial charge on any atom is -0.461 e. The first-order chi connectivity index (χ1) is 11.2. The normalized spacial score (nSPS) is 18.7. The fraction of sp³-hybridized carbons (Fsp3) is 0.471. The number of nitrogens with one attached hydrogen (secondary N) is 1. The van der Waals surface area contributed by atoms with E-state index in [9.17, 15) is 4.79 Å². The number of para-hydroxylation sites is 1. The molecule has 1 aromatic carbocycles. The van der Waals surface area contributed by atoms with Gasteiger partial charge in [0, 0.05) is 24.0 Å². The fourth-order valence-corrected chi connectivity index (χ4v) is 2.94. The van der Waals surface area contributed by atoms with Crippen LogP contribution in [0.15, 0.2) is 34.6 Å². The topological polar surface area (TPSA) is 70.0 Å². The molecule has 1 aliphatic heterocycles. The van der Waals surface area contributed by atoms with E-state index in [1.54, 1.807) is 6.92 Å². The molecule has 1 N–H and O–H groups in total. The molecular formula is C17H22N4O2. The molecule has 3 rings (SSSR count). The van der Waals surface area contributed by atoms with Gasteiger partial charge in [0.15, 0.2) is 5.69 Å². The number of esters is 1. The number of aromatic nitrogens is 1. The predicted octanol–water partition coefficient (Wildman–Crippen LogP) is 4.08. The number of ether oxygens (including phenoxy) is 1. The minimum atomic E-state index is -0.398. The number of rotatable bonds is 4. The second-order valence-corrected chi connectivity index (χ2v) is 5.96. The van der Waals surface area contributed by atoms with E-state index in [4.69, 9.17) is 4.74 Å². The summed E-state index contributed by atoms with van der Waals surface area (Å²) in [6.07, 6.45) is 2.35.